The van der Waals surface area contributed by atoms with Gasteiger partial charge in [-0.2, -0.15) is 15.3 Å². The first-order chi connectivity index (χ1) is 17.6. The van der Waals surface area contributed by atoms with E-state index in [-0.39, 0.29) is 0 Å². The van der Waals surface area contributed by atoms with E-state index < -0.39 is 0 Å². The normalized spacial score (nSPS) is 12.5. The van der Waals surface area contributed by atoms with Crippen LogP contribution in [0.25, 0.3) is 22.4 Å². The minimum absolute atomic E-state index is 0.618. The van der Waals surface area contributed by atoms with Crippen molar-refractivity contribution in [1.82, 2.24) is 39.3 Å². The fourth-order valence-corrected chi connectivity index (χ4v) is 5.09. The van der Waals surface area contributed by atoms with Gasteiger partial charge in [0.2, 0.25) is 0 Å². The number of nitrogens with zero attached hydrogens (tertiary/aromatic N) is 8. The Balaban J connectivity index is 1.33. The lowest BCUT2D eigenvalue weighted by atomic mass is 9.91. The standard InChI is InChI=1S/C28H30N8/c1-4-11-36-18-22(17-30-36)20-7-5-6-19(13-20)14-25-27-24(33-35(25)3)9-8-21-16-29-26(31-28(21)27)15-23-10-12-34(2)32-23/h5-7,10,12-13,16-18H,4,8-9,11,14-15H2,1-3H3. The molecule has 8 nitrogen and oxygen atoms in total. The molecule has 1 aliphatic carbocycles. The molecule has 0 radical (unpaired) electrons. The van der Waals surface area contributed by atoms with E-state index in [1.54, 1.807) is 0 Å². The molecule has 0 spiro atoms. The van der Waals surface area contributed by atoms with E-state index in [2.05, 4.69) is 52.6 Å². The molecule has 0 saturated carbocycles. The van der Waals surface area contributed by atoms with E-state index >= 15 is 0 Å². The van der Waals surface area contributed by atoms with Crippen LogP contribution in [0.2, 0.25) is 0 Å². The third-order valence-electron chi connectivity index (χ3n) is 6.85. The summed E-state index contributed by atoms with van der Waals surface area (Å²) in [6, 6.07) is 10.8. The smallest absolute Gasteiger partial charge is 0.134 e. The first kappa shape index (κ1) is 22.4. The number of aromatic nitrogens is 8. The van der Waals surface area contributed by atoms with Crippen molar-refractivity contribution in [3.63, 3.8) is 0 Å². The van der Waals surface area contributed by atoms with Crippen LogP contribution >= 0.6 is 0 Å². The van der Waals surface area contributed by atoms with Gasteiger partial charge in [0.25, 0.3) is 0 Å². The molecule has 4 aromatic heterocycles. The van der Waals surface area contributed by atoms with Crippen molar-refractivity contribution in [3.8, 4) is 22.4 Å². The van der Waals surface area contributed by atoms with Crippen LogP contribution < -0.4 is 0 Å². The summed E-state index contributed by atoms with van der Waals surface area (Å²) in [5.41, 5.74) is 10.3. The van der Waals surface area contributed by atoms with Crippen LogP contribution in [-0.4, -0.2) is 39.3 Å². The molecular weight excluding hydrogens is 448 g/mol. The summed E-state index contributed by atoms with van der Waals surface area (Å²) in [7, 11) is 3.97. The molecular formula is C28H30N8. The highest BCUT2D eigenvalue weighted by atomic mass is 15.3. The van der Waals surface area contributed by atoms with Gasteiger partial charge in [-0.3, -0.25) is 14.0 Å². The highest BCUT2D eigenvalue weighted by molar-refractivity contribution is 5.71. The van der Waals surface area contributed by atoms with Crippen LogP contribution in [0.4, 0.5) is 0 Å². The van der Waals surface area contributed by atoms with Crippen LogP contribution in [0, 0.1) is 0 Å². The Morgan fingerprint density at radius 2 is 1.89 bits per heavy atom. The second-order valence-corrected chi connectivity index (χ2v) is 9.58. The first-order valence-corrected chi connectivity index (χ1v) is 12.6. The van der Waals surface area contributed by atoms with Gasteiger partial charge in [-0.15, -0.1) is 0 Å². The predicted octanol–water partition coefficient (Wildman–Crippen LogP) is 4.16. The molecule has 0 aliphatic heterocycles. The van der Waals surface area contributed by atoms with Crippen molar-refractivity contribution in [2.45, 2.75) is 45.6 Å². The van der Waals surface area contributed by atoms with Gasteiger partial charge in [-0.1, -0.05) is 31.2 Å². The molecule has 1 aromatic carbocycles. The first-order valence-electron chi connectivity index (χ1n) is 12.6. The van der Waals surface area contributed by atoms with Gasteiger partial charge in [-0.05, 0) is 42.0 Å². The predicted molar refractivity (Wildman–Crippen MR) is 138 cm³/mol. The third kappa shape index (κ3) is 4.23. The molecule has 182 valence electrons. The van der Waals surface area contributed by atoms with Crippen molar-refractivity contribution in [2.24, 2.45) is 14.1 Å². The maximum Gasteiger partial charge on any atom is 0.134 e. The Labute approximate surface area is 210 Å². The maximum absolute atomic E-state index is 5.04. The third-order valence-corrected chi connectivity index (χ3v) is 6.85. The molecule has 0 saturated heterocycles. The molecule has 0 fully saturated rings. The fraction of sp³-hybridized carbons (Fsp3) is 0.321. The van der Waals surface area contributed by atoms with Crippen molar-refractivity contribution < 1.29 is 0 Å². The van der Waals surface area contributed by atoms with E-state index in [1.165, 1.54) is 27.9 Å². The number of fused-ring (bicyclic) bond motifs is 3. The summed E-state index contributed by atoms with van der Waals surface area (Å²) >= 11 is 0. The minimum Gasteiger partial charge on any atom is -0.276 e. The largest absolute Gasteiger partial charge is 0.276 e. The zero-order chi connectivity index (χ0) is 24.6. The van der Waals surface area contributed by atoms with E-state index in [4.69, 9.17) is 10.1 Å². The number of aryl methyl sites for hydroxylation is 5. The maximum atomic E-state index is 5.04. The minimum atomic E-state index is 0.618. The second kappa shape index (κ2) is 9.18. The highest BCUT2D eigenvalue weighted by Gasteiger charge is 2.26. The van der Waals surface area contributed by atoms with Gasteiger partial charge in [0, 0.05) is 56.8 Å². The second-order valence-electron chi connectivity index (χ2n) is 9.58. The van der Waals surface area contributed by atoms with E-state index in [0.29, 0.717) is 6.42 Å². The molecule has 8 heteroatoms. The van der Waals surface area contributed by atoms with Gasteiger partial charge in [0.1, 0.15) is 5.82 Å². The van der Waals surface area contributed by atoms with Crippen molar-refractivity contribution in [2.75, 3.05) is 0 Å². The summed E-state index contributed by atoms with van der Waals surface area (Å²) in [6.07, 6.45) is 12.3. The Morgan fingerprint density at radius 3 is 2.72 bits per heavy atom. The summed E-state index contributed by atoms with van der Waals surface area (Å²) in [5, 5.41) is 13.9. The topological polar surface area (TPSA) is 79.2 Å². The number of hydrogen-bond donors (Lipinski definition) is 0. The van der Waals surface area contributed by atoms with Crippen molar-refractivity contribution in [1.29, 1.82) is 0 Å². The molecule has 5 aromatic rings. The summed E-state index contributed by atoms with van der Waals surface area (Å²) < 4.78 is 5.86. The SMILES string of the molecule is CCCn1cc(-c2cccc(Cc3c4c(nn3C)CCc3cnc(Cc5ccn(C)n5)nc3-4)c2)cn1. The number of benzene rings is 1. The molecule has 4 heterocycles. The van der Waals surface area contributed by atoms with Crippen molar-refractivity contribution >= 4 is 0 Å². The van der Waals surface area contributed by atoms with E-state index in [1.807, 2.05) is 52.8 Å². The quantitative estimate of drug-likeness (QED) is 0.351. The van der Waals surface area contributed by atoms with Crippen molar-refractivity contribution in [3.05, 3.63) is 89.2 Å². The van der Waals surface area contributed by atoms with E-state index in [0.717, 1.165) is 60.7 Å². The molecule has 6 rings (SSSR count). The number of rotatable bonds is 7. The Hall–Kier alpha value is -4.07. The van der Waals surface area contributed by atoms with Gasteiger partial charge in [0.05, 0.1) is 35.4 Å². The zero-order valence-corrected chi connectivity index (χ0v) is 21.0. The average Bonchev–Trinajstić information content (AvgIpc) is 3.59. The van der Waals surface area contributed by atoms with Gasteiger partial charge < -0.3 is 0 Å². The lowest BCUT2D eigenvalue weighted by molar-refractivity contribution is 0.603. The Kier molecular flexibility index (Phi) is 5.71. The Morgan fingerprint density at radius 1 is 0.972 bits per heavy atom. The summed E-state index contributed by atoms with van der Waals surface area (Å²) in [4.78, 5) is 9.69. The average molecular weight is 479 g/mol. The highest BCUT2D eigenvalue weighted by Crippen LogP contribution is 2.35. The molecule has 0 atom stereocenters. The zero-order valence-electron chi connectivity index (χ0n) is 21.0. The lowest BCUT2D eigenvalue weighted by Crippen LogP contribution is -2.10. The molecule has 1 aliphatic rings. The van der Waals surface area contributed by atoms with E-state index in [9.17, 15) is 0 Å². The summed E-state index contributed by atoms with van der Waals surface area (Å²) in [5.74, 6) is 0.793. The molecule has 0 N–H and O–H groups in total. The van der Waals surface area contributed by atoms with Crippen LogP contribution in [0.5, 0.6) is 0 Å². The van der Waals surface area contributed by atoms with Gasteiger partial charge in [-0.25, -0.2) is 9.97 Å². The van der Waals surface area contributed by atoms with Crippen LogP contribution in [0.15, 0.2) is 55.1 Å². The Bertz CT molecular complexity index is 1540. The monoisotopic (exact) mass is 478 g/mol. The molecule has 0 bridgehead atoms. The molecule has 0 amide bonds. The van der Waals surface area contributed by atoms with Gasteiger partial charge in [0.15, 0.2) is 0 Å². The molecule has 0 unspecified atom stereocenters. The van der Waals surface area contributed by atoms with Crippen LogP contribution in [0.1, 0.15) is 47.4 Å². The fourth-order valence-electron chi connectivity index (χ4n) is 5.09. The van der Waals surface area contributed by atoms with Crippen LogP contribution in [-0.2, 0) is 46.3 Å². The summed E-state index contributed by atoms with van der Waals surface area (Å²) in [6.45, 7) is 3.10. The van der Waals surface area contributed by atoms with Gasteiger partial charge >= 0.3 is 0 Å². The number of hydrogen-bond acceptors (Lipinski definition) is 5. The lowest BCUT2D eigenvalue weighted by Gasteiger charge is -2.16. The molecule has 36 heavy (non-hydrogen) atoms. The van der Waals surface area contributed by atoms with Crippen LogP contribution in [0.3, 0.4) is 0 Å².